The van der Waals surface area contributed by atoms with Crippen LogP contribution in [0.15, 0.2) is 24.3 Å². The van der Waals surface area contributed by atoms with E-state index < -0.39 is 10.0 Å². The van der Waals surface area contributed by atoms with Crippen LogP contribution in [0.1, 0.15) is 16.8 Å². The average Bonchev–Trinajstić information content (AvgIpc) is 2.74. The van der Waals surface area contributed by atoms with E-state index in [9.17, 15) is 13.2 Å². The number of carbonyl (C=O) groups excluding carboxylic acids is 1. The number of likely N-dealkylation sites (tertiary alicyclic amines) is 1. The molecule has 1 heterocycles. The van der Waals surface area contributed by atoms with Crippen LogP contribution in [0.3, 0.4) is 0 Å². The van der Waals surface area contributed by atoms with E-state index in [1.165, 1.54) is 0 Å². The quantitative estimate of drug-likeness (QED) is 0.766. The van der Waals surface area contributed by atoms with Gasteiger partial charge in [-0.05, 0) is 24.6 Å². The lowest BCUT2D eigenvalue weighted by molar-refractivity contribution is 0.0790. The first-order valence-corrected chi connectivity index (χ1v) is 7.86. The van der Waals surface area contributed by atoms with Crippen molar-refractivity contribution in [1.29, 1.82) is 0 Å². The maximum atomic E-state index is 12.2. The smallest absolute Gasteiger partial charge is 0.253 e. The lowest BCUT2D eigenvalue weighted by atomic mass is 10.2. The third kappa shape index (κ3) is 3.68. The number of nitrogens with one attached hydrogen (secondary N) is 1. The minimum absolute atomic E-state index is 0.120. The van der Waals surface area contributed by atoms with E-state index in [-0.39, 0.29) is 11.9 Å². The zero-order valence-electron chi connectivity index (χ0n) is 10.7. The largest absolute Gasteiger partial charge is 0.399 e. The number of sulfonamides is 1. The van der Waals surface area contributed by atoms with Crippen LogP contribution in [0.5, 0.6) is 0 Å². The van der Waals surface area contributed by atoms with Crippen LogP contribution in [0.2, 0.25) is 0 Å². The molecule has 2 rings (SSSR count). The highest BCUT2D eigenvalue weighted by molar-refractivity contribution is 7.88. The summed E-state index contributed by atoms with van der Waals surface area (Å²) in [5.41, 5.74) is 6.71. The minimum atomic E-state index is -3.24. The summed E-state index contributed by atoms with van der Waals surface area (Å²) in [5.74, 6) is -0.120. The highest BCUT2D eigenvalue weighted by Crippen LogP contribution is 2.15. The van der Waals surface area contributed by atoms with Gasteiger partial charge in [0.2, 0.25) is 10.0 Å². The molecule has 0 saturated carbocycles. The van der Waals surface area contributed by atoms with Gasteiger partial charge in [-0.2, -0.15) is 0 Å². The van der Waals surface area contributed by atoms with Crippen LogP contribution < -0.4 is 10.5 Å². The summed E-state index contributed by atoms with van der Waals surface area (Å²) in [6, 6.07) is 6.56. The molecule has 1 unspecified atom stereocenters. The summed E-state index contributed by atoms with van der Waals surface area (Å²) in [5, 5.41) is 0. The highest BCUT2D eigenvalue weighted by atomic mass is 32.2. The molecule has 1 aromatic carbocycles. The number of rotatable bonds is 3. The molecule has 104 valence electrons. The molecule has 6 nitrogen and oxygen atoms in total. The molecule has 0 radical (unpaired) electrons. The van der Waals surface area contributed by atoms with Crippen molar-refractivity contribution in [2.45, 2.75) is 12.5 Å². The fraction of sp³-hybridized carbons (Fsp3) is 0.417. The van der Waals surface area contributed by atoms with Crippen molar-refractivity contribution in [3.05, 3.63) is 29.8 Å². The second kappa shape index (κ2) is 5.18. The summed E-state index contributed by atoms with van der Waals surface area (Å²) in [4.78, 5) is 13.8. The monoisotopic (exact) mass is 283 g/mol. The van der Waals surface area contributed by atoms with Crippen LogP contribution in [0.25, 0.3) is 0 Å². The van der Waals surface area contributed by atoms with Gasteiger partial charge >= 0.3 is 0 Å². The number of hydrogen-bond donors (Lipinski definition) is 2. The van der Waals surface area contributed by atoms with Gasteiger partial charge in [0.25, 0.3) is 5.91 Å². The zero-order chi connectivity index (χ0) is 14.0. The second-order valence-corrected chi connectivity index (χ2v) is 6.53. The molecule has 1 atom stereocenters. The standard InChI is InChI=1S/C12H17N3O3S/c1-19(17,18)14-11-5-6-15(8-11)12(16)9-3-2-4-10(13)7-9/h2-4,7,11,14H,5-6,8,13H2,1H3. The molecule has 1 amide bonds. The van der Waals surface area contributed by atoms with Crippen LogP contribution >= 0.6 is 0 Å². The van der Waals surface area contributed by atoms with Gasteiger partial charge in [0, 0.05) is 30.4 Å². The van der Waals surface area contributed by atoms with Crippen molar-refractivity contribution in [2.24, 2.45) is 0 Å². The van der Waals surface area contributed by atoms with E-state index in [1.807, 2.05) is 0 Å². The Morgan fingerprint density at radius 2 is 2.21 bits per heavy atom. The van der Waals surface area contributed by atoms with Gasteiger partial charge in [-0.3, -0.25) is 4.79 Å². The number of hydrogen-bond acceptors (Lipinski definition) is 4. The van der Waals surface area contributed by atoms with Crippen molar-refractivity contribution in [1.82, 2.24) is 9.62 Å². The minimum Gasteiger partial charge on any atom is -0.399 e. The molecule has 1 fully saturated rings. The summed E-state index contributed by atoms with van der Waals surface area (Å²) < 4.78 is 24.8. The van der Waals surface area contributed by atoms with Crippen LogP contribution in [-0.2, 0) is 10.0 Å². The van der Waals surface area contributed by atoms with Gasteiger partial charge in [0.15, 0.2) is 0 Å². The van der Waals surface area contributed by atoms with Gasteiger partial charge in [0.05, 0.1) is 6.26 Å². The Balaban J connectivity index is 2.03. The van der Waals surface area contributed by atoms with Gasteiger partial charge in [0.1, 0.15) is 0 Å². The summed E-state index contributed by atoms with van der Waals surface area (Å²) >= 11 is 0. The molecular weight excluding hydrogens is 266 g/mol. The molecular formula is C12H17N3O3S. The van der Waals surface area contributed by atoms with Crippen molar-refractivity contribution >= 4 is 21.6 Å². The maximum Gasteiger partial charge on any atom is 0.253 e. The van der Waals surface area contributed by atoms with Gasteiger partial charge in [-0.1, -0.05) is 6.07 Å². The third-order valence-corrected chi connectivity index (χ3v) is 3.75. The summed E-state index contributed by atoms with van der Waals surface area (Å²) in [7, 11) is -3.24. The molecule has 19 heavy (non-hydrogen) atoms. The number of nitrogens with zero attached hydrogens (tertiary/aromatic N) is 1. The van der Waals surface area contributed by atoms with E-state index in [0.717, 1.165) is 6.26 Å². The Hall–Kier alpha value is -1.60. The Morgan fingerprint density at radius 1 is 1.47 bits per heavy atom. The first-order chi connectivity index (χ1) is 8.85. The predicted molar refractivity (Wildman–Crippen MR) is 73.1 cm³/mol. The van der Waals surface area contributed by atoms with Crippen molar-refractivity contribution in [3.8, 4) is 0 Å². The third-order valence-electron chi connectivity index (χ3n) is 2.99. The average molecular weight is 283 g/mol. The molecule has 0 spiro atoms. The number of amides is 1. The highest BCUT2D eigenvalue weighted by Gasteiger charge is 2.28. The van der Waals surface area contributed by atoms with Crippen molar-refractivity contribution in [3.63, 3.8) is 0 Å². The molecule has 1 saturated heterocycles. The normalized spacial score (nSPS) is 19.6. The van der Waals surface area contributed by atoms with Crippen LogP contribution in [-0.4, -0.2) is 44.6 Å². The molecule has 1 aliphatic heterocycles. The number of carbonyl (C=O) groups is 1. The van der Waals surface area contributed by atoms with Gasteiger partial charge in [-0.15, -0.1) is 0 Å². The lowest BCUT2D eigenvalue weighted by Gasteiger charge is -2.17. The van der Waals surface area contributed by atoms with Gasteiger partial charge in [-0.25, -0.2) is 13.1 Å². The van der Waals surface area contributed by atoms with E-state index >= 15 is 0 Å². The summed E-state index contributed by atoms with van der Waals surface area (Å²) in [6.07, 6.45) is 1.75. The molecule has 0 bridgehead atoms. The second-order valence-electron chi connectivity index (χ2n) is 4.75. The zero-order valence-corrected chi connectivity index (χ0v) is 11.5. The fourth-order valence-corrected chi connectivity index (χ4v) is 3.00. The number of anilines is 1. The van der Waals surface area contributed by atoms with E-state index in [1.54, 1.807) is 29.2 Å². The Bertz CT molecular complexity index is 586. The maximum absolute atomic E-state index is 12.2. The number of nitrogen functional groups attached to an aromatic ring is 1. The molecule has 7 heteroatoms. The fourth-order valence-electron chi connectivity index (χ4n) is 2.20. The lowest BCUT2D eigenvalue weighted by Crippen LogP contribution is -2.37. The van der Waals surface area contributed by atoms with Crippen molar-refractivity contribution < 1.29 is 13.2 Å². The topological polar surface area (TPSA) is 92.5 Å². The number of benzene rings is 1. The molecule has 1 aromatic rings. The van der Waals surface area contributed by atoms with Crippen LogP contribution in [0.4, 0.5) is 5.69 Å². The van der Waals surface area contributed by atoms with E-state index in [0.29, 0.717) is 30.8 Å². The Kier molecular flexibility index (Phi) is 3.77. The molecule has 0 aromatic heterocycles. The molecule has 0 aliphatic carbocycles. The molecule has 1 aliphatic rings. The SMILES string of the molecule is CS(=O)(=O)NC1CCN(C(=O)c2cccc(N)c2)C1. The first kappa shape index (κ1) is 13.8. The van der Waals surface area contributed by atoms with E-state index in [2.05, 4.69) is 4.72 Å². The summed E-state index contributed by atoms with van der Waals surface area (Å²) in [6.45, 7) is 0.932. The number of nitrogens with two attached hydrogens (primary N) is 1. The Labute approximate surface area is 112 Å². The van der Waals surface area contributed by atoms with E-state index in [4.69, 9.17) is 5.73 Å². The van der Waals surface area contributed by atoms with Crippen LogP contribution in [0, 0.1) is 0 Å². The molecule has 3 N–H and O–H groups in total. The van der Waals surface area contributed by atoms with Gasteiger partial charge < -0.3 is 10.6 Å². The first-order valence-electron chi connectivity index (χ1n) is 5.97. The van der Waals surface area contributed by atoms with Crippen molar-refractivity contribution in [2.75, 3.05) is 25.1 Å². The predicted octanol–water partition coefficient (Wildman–Crippen LogP) is 0.0325. The Morgan fingerprint density at radius 3 is 2.84 bits per heavy atom.